The van der Waals surface area contributed by atoms with E-state index in [0.29, 0.717) is 24.3 Å². The first-order valence-corrected chi connectivity index (χ1v) is 8.85. The Hall–Kier alpha value is -3.55. The van der Waals surface area contributed by atoms with E-state index in [0.717, 1.165) is 5.69 Å². The molecule has 1 heterocycles. The van der Waals surface area contributed by atoms with Crippen LogP contribution in [0.3, 0.4) is 0 Å². The number of benzene rings is 2. The summed E-state index contributed by atoms with van der Waals surface area (Å²) in [6, 6.07) is 15.1. The van der Waals surface area contributed by atoms with E-state index in [2.05, 4.69) is 15.4 Å². The van der Waals surface area contributed by atoms with Crippen molar-refractivity contribution < 1.29 is 19.1 Å². The number of carbonyl (C=O) groups is 3. The third-order valence-corrected chi connectivity index (χ3v) is 4.54. The van der Waals surface area contributed by atoms with Crippen LogP contribution >= 0.6 is 0 Å². The van der Waals surface area contributed by atoms with Crippen LogP contribution in [-0.4, -0.2) is 44.8 Å². The number of urea groups is 1. The van der Waals surface area contributed by atoms with Gasteiger partial charge in [0.1, 0.15) is 6.04 Å². The van der Waals surface area contributed by atoms with E-state index in [1.54, 1.807) is 36.2 Å². The smallest absolute Gasteiger partial charge is 0.413 e. The maximum atomic E-state index is 12.5. The predicted molar refractivity (Wildman–Crippen MR) is 107 cm³/mol. The summed E-state index contributed by atoms with van der Waals surface area (Å²) >= 11 is 0. The Morgan fingerprint density at radius 1 is 1.11 bits per heavy atom. The maximum Gasteiger partial charge on any atom is 0.413 e. The minimum absolute atomic E-state index is 0.128. The normalized spacial score (nSPS) is 15.9. The molecule has 0 radical (unpaired) electrons. The summed E-state index contributed by atoms with van der Waals surface area (Å²) in [5.41, 5.74) is 2.00. The van der Waals surface area contributed by atoms with Crippen molar-refractivity contribution in [3.05, 3.63) is 54.6 Å². The van der Waals surface area contributed by atoms with Crippen LogP contribution in [0.15, 0.2) is 54.6 Å². The molecule has 2 aromatic carbocycles. The number of anilines is 3. The van der Waals surface area contributed by atoms with Crippen LogP contribution in [-0.2, 0) is 9.53 Å². The number of hydrogen-bond acceptors (Lipinski definition) is 4. The second-order valence-electron chi connectivity index (χ2n) is 6.34. The highest BCUT2D eigenvalue weighted by Gasteiger charge is 2.33. The zero-order chi connectivity index (χ0) is 20.1. The zero-order valence-corrected chi connectivity index (χ0v) is 15.7. The molecule has 28 heavy (non-hydrogen) atoms. The van der Waals surface area contributed by atoms with Crippen molar-refractivity contribution in [3.8, 4) is 0 Å². The van der Waals surface area contributed by atoms with E-state index >= 15 is 0 Å². The number of nitrogens with one attached hydrogen (secondary N) is 2. The molecule has 8 heteroatoms. The highest BCUT2D eigenvalue weighted by atomic mass is 16.5. The van der Waals surface area contributed by atoms with Crippen molar-refractivity contribution >= 4 is 35.1 Å². The number of hydrogen-bond donors (Lipinski definition) is 2. The minimum Gasteiger partial charge on any atom is -0.452 e. The number of carbonyl (C=O) groups excluding carboxylic acids is 3. The Morgan fingerprint density at radius 3 is 2.43 bits per heavy atom. The van der Waals surface area contributed by atoms with Gasteiger partial charge in [0.05, 0.1) is 7.11 Å². The fourth-order valence-electron chi connectivity index (χ4n) is 3.01. The summed E-state index contributed by atoms with van der Waals surface area (Å²) < 4.78 is 4.66. The highest BCUT2D eigenvalue weighted by Crippen LogP contribution is 2.21. The number of rotatable bonds is 4. The van der Waals surface area contributed by atoms with Crippen LogP contribution in [0.4, 0.5) is 26.7 Å². The van der Waals surface area contributed by atoms with E-state index in [1.165, 1.54) is 12.0 Å². The molecule has 0 saturated carbocycles. The molecule has 1 saturated heterocycles. The summed E-state index contributed by atoms with van der Waals surface area (Å²) in [4.78, 5) is 39.3. The van der Waals surface area contributed by atoms with Crippen molar-refractivity contribution in [3.63, 3.8) is 0 Å². The molecule has 0 spiro atoms. The van der Waals surface area contributed by atoms with Gasteiger partial charge in [-0.1, -0.05) is 18.2 Å². The lowest BCUT2D eigenvalue weighted by Gasteiger charge is -2.18. The van der Waals surface area contributed by atoms with Gasteiger partial charge in [0.2, 0.25) is 5.91 Å². The summed E-state index contributed by atoms with van der Waals surface area (Å²) in [5.74, 6) is -0.128. The van der Waals surface area contributed by atoms with E-state index in [-0.39, 0.29) is 5.91 Å². The molecular formula is C20H22N4O4. The molecule has 2 aromatic rings. The van der Waals surface area contributed by atoms with Crippen LogP contribution in [0.1, 0.15) is 6.42 Å². The molecular weight excluding hydrogens is 360 g/mol. The molecule has 0 aromatic heterocycles. The summed E-state index contributed by atoms with van der Waals surface area (Å²) in [7, 11) is 2.90. The van der Waals surface area contributed by atoms with E-state index in [9.17, 15) is 14.4 Å². The van der Waals surface area contributed by atoms with Crippen LogP contribution in [0.25, 0.3) is 0 Å². The largest absolute Gasteiger partial charge is 0.452 e. The van der Waals surface area contributed by atoms with Crippen LogP contribution in [0, 0.1) is 0 Å². The molecule has 8 nitrogen and oxygen atoms in total. The van der Waals surface area contributed by atoms with Gasteiger partial charge in [-0.3, -0.25) is 9.69 Å². The molecule has 1 unspecified atom stereocenters. The summed E-state index contributed by atoms with van der Waals surface area (Å²) in [5, 5.41) is 5.41. The van der Waals surface area contributed by atoms with Crippen molar-refractivity contribution in [1.29, 1.82) is 0 Å². The van der Waals surface area contributed by atoms with Crippen LogP contribution in [0.2, 0.25) is 0 Å². The van der Waals surface area contributed by atoms with Crippen LogP contribution < -0.4 is 20.4 Å². The molecule has 2 N–H and O–H groups in total. The number of amides is 4. The van der Waals surface area contributed by atoms with Crippen molar-refractivity contribution in [2.75, 3.05) is 35.8 Å². The number of nitrogens with zero attached hydrogens (tertiary/aromatic N) is 2. The molecule has 4 amide bonds. The SMILES string of the molecule is COC(=O)N(C)c1ccc(NC(=O)NC2CCN(c3ccccc3)C2=O)cc1. The van der Waals surface area contributed by atoms with E-state index < -0.39 is 18.2 Å². The van der Waals surface area contributed by atoms with Gasteiger partial charge in [-0.2, -0.15) is 0 Å². The molecule has 1 aliphatic rings. The van der Waals surface area contributed by atoms with Gasteiger partial charge >= 0.3 is 12.1 Å². The molecule has 146 valence electrons. The maximum absolute atomic E-state index is 12.5. The molecule has 1 fully saturated rings. The minimum atomic E-state index is -0.565. The molecule has 1 aliphatic heterocycles. The fraction of sp³-hybridized carbons (Fsp3) is 0.250. The topological polar surface area (TPSA) is 91.0 Å². The van der Waals surface area contributed by atoms with Gasteiger partial charge in [0, 0.05) is 30.7 Å². The lowest BCUT2D eigenvalue weighted by molar-refractivity contribution is -0.118. The van der Waals surface area contributed by atoms with Gasteiger partial charge in [-0.05, 0) is 42.8 Å². The summed E-state index contributed by atoms with van der Waals surface area (Å²) in [6.07, 6.45) is 0.0606. The first kappa shape index (κ1) is 19.2. The second kappa shape index (κ2) is 8.43. The fourth-order valence-corrected chi connectivity index (χ4v) is 3.01. The average molecular weight is 382 g/mol. The van der Waals surface area contributed by atoms with Crippen molar-refractivity contribution in [1.82, 2.24) is 5.32 Å². The number of para-hydroxylation sites is 1. The van der Waals surface area contributed by atoms with Gasteiger partial charge < -0.3 is 20.3 Å². The Bertz CT molecular complexity index is 854. The van der Waals surface area contributed by atoms with E-state index in [4.69, 9.17) is 0 Å². The Morgan fingerprint density at radius 2 is 1.79 bits per heavy atom. The lowest BCUT2D eigenvalue weighted by Crippen LogP contribution is -2.43. The van der Waals surface area contributed by atoms with Crippen molar-refractivity contribution in [2.45, 2.75) is 12.5 Å². The van der Waals surface area contributed by atoms with Crippen molar-refractivity contribution in [2.24, 2.45) is 0 Å². The van der Waals surface area contributed by atoms with E-state index in [1.807, 2.05) is 30.3 Å². The molecule has 1 atom stereocenters. The summed E-state index contributed by atoms with van der Waals surface area (Å²) in [6.45, 7) is 0.558. The van der Waals surface area contributed by atoms with Crippen LogP contribution in [0.5, 0.6) is 0 Å². The van der Waals surface area contributed by atoms with Gasteiger partial charge in [0.15, 0.2) is 0 Å². The standard InChI is InChI=1S/C20H22N4O4/c1-23(20(27)28-2)15-10-8-14(9-11-15)21-19(26)22-17-12-13-24(18(17)25)16-6-4-3-5-7-16/h3-11,17H,12-13H2,1-2H3,(H2,21,22,26). The third kappa shape index (κ3) is 4.22. The lowest BCUT2D eigenvalue weighted by atomic mass is 10.2. The highest BCUT2D eigenvalue weighted by molar-refractivity contribution is 6.02. The third-order valence-electron chi connectivity index (χ3n) is 4.54. The molecule has 0 bridgehead atoms. The zero-order valence-electron chi connectivity index (χ0n) is 15.7. The second-order valence-corrected chi connectivity index (χ2v) is 6.34. The monoisotopic (exact) mass is 382 g/mol. The quantitative estimate of drug-likeness (QED) is 0.851. The first-order chi connectivity index (χ1) is 13.5. The van der Waals surface area contributed by atoms with Gasteiger partial charge in [0.25, 0.3) is 0 Å². The number of ether oxygens (including phenoxy) is 1. The predicted octanol–water partition coefficient (Wildman–Crippen LogP) is 2.82. The number of methoxy groups -OCH3 is 1. The van der Waals surface area contributed by atoms with Gasteiger partial charge in [-0.15, -0.1) is 0 Å². The Balaban J connectivity index is 1.56. The molecule has 3 rings (SSSR count). The first-order valence-electron chi connectivity index (χ1n) is 8.85. The average Bonchev–Trinajstić information content (AvgIpc) is 3.08. The Kier molecular flexibility index (Phi) is 5.78. The molecule has 0 aliphatic carbocycles. The van der Waals surface area contributed by atoms with Gasteiger partial charge in [-0.25, -0.2) is 9.59 Å². The Labute approximate surface area is 163 Å².